The first-order valence-corrected chi connectivity index (χ1v) is 3.47. The second-order valence-corrected chi connectivity index (χ2v) is 3.16. The molecule has 0 amide bonds. The number of aliphatic hydroxyl groups is 2. The van der Waals surface area contributed by atoms with E-state index in [2.05, 4.69) is 0 Å². The normalized spacial score (nSPS) is 61.0. The van der Waals surface area contributed by atoms with Crippen LogP contribution < -0.4 is 0 Å². The van der Waals surface area contributed by atoms with Gasteiger partial charge in [0.1, 0.15) is 14.5 Å². The van der Waals surface area contributed by atoms with E-state index in [0.717, 1.165) is 0 Å². The maximum Gasteiger partial charge on any atom is 0.112 e. The van der Waals surface area contributed by atoms with Gasteiger partial charge in [-0.05, 0) is 0 Å². The molecule has 0 spiro atoms. The molecule has 0 bridgehead atoms. The number of rotatable bonds is 1. The third-order valence-electron chi connectivity index (χ3n) is 2.66. The molecule has 0 aromatic heterocycles. The first-order valence-electron chi connectivity index (χ1n) is 3.47. The molecule has 1 saturated heterocycles. The highest BCUT2D eigenvalue weighted by Crippen LogP contribution is 2.57. The fourth-order valence-electron chi connectivity index (χ4n) is 1.73. The molecular formula is C6H8BFO3. The van der Waals surface area contributed by atoms with Crippen molar-refractivity contribution in [2.24, 2.45) is 5.41 Å². The van der Waals surface area contributed by atoms with E-state index in [-0.39, 0.29) is 0 Å². The first kappa shape index (κ1) is 7.52. The lowest BCUT2D eigenvalue weighted by molar-refractivity contribution is -0.00716. The molecule has 1 heterocycles. The number of fused-ring (bicyclic) bond motifs is 1. The quantitative estimate of drug-likeness (QED) is 0.460. The Morgan fingerprint density at radius 1 is 1.45 bits per heavy atom. The zero-order valence-electron chi connectivity index (χ0n) is 5.77. The van der Waals surface area contributed by atoms with Gasteiger partial charge in [0.2, 0.25) is 0 Å². The van der Waals surface area contributed by atoms with Crippen LogP contribution in [0.1, 0.15) is 0 Å². The van der Waals surface area contributed by atoms with Crippen molar-refractivity contribution in [1.29, 1.82) is 0 Å². The highest BCUT2D eigenvalue weighted by molar-refractivity contribution is 6.11. The Kier molecular flexibility index (Phi) is 1.35. The molecule has 1 saturated carbocycles. The highest BCUT2D eigenvalue weighted by atomic mass is 19.1. The molecular weight excluding hydrogens is 150 g/mol. The molecule has 1 unspecified atom stereocenters. The lowest BCUT2D eigenvalue weighted by Crippen LogP contribution is -2.35. The largest absolute Gasteiger partial charge is 0.390 e. The van der Waals surface area contributed by atoms with Crippen molar-refractivity contribution in [2.75, 3.05) is 6.67 Å². The molecule has 3 nitrogen and oxygen atoms in total. The summed E-state index contributed by atoms with van der Waals surface area (Å²) in [4.78, 5) is 0. The van der Waals surface area contributed by atoms with E-state index in [1.165, 1.54) is 0 Å². The van der Waals surface area contributed by atoms with Crippen LogP contribution in [-0.4, -0.2) is 49.0 Å². The Morgan fingerprint density at radius 2 is 2.09 bits per heavy atom. The van der Waals surface area contributed by atoms with Crippen molar-refractivity contribution in [3.63, 3.8) is 0 Å². The Morgan fingerprint density at radius 3 is 2.45 bits per heavy atom. The Hall–Kier alpha value is -0.125. The molecule has 1 aliphatic carbocycles. The molecule has 5 atom stereocenters. The van der Waals surface area contributed by atoms with E-state index < -0.39 is 36.4 Å². The summed E-state index contributed by atoms with van der Waals surface area (Å²) in [5, 5.41) is 18.4. The van der Waals surface area contributed by atoms with Crippen molar-refractivity contribution >= 4 is 7.85 Å². The van der Waals surface area contributed by atoms with Gasteiger partial charge in [-0.1, -0.05) is 0 Å². The average molecular weight is 158 g/mol. The molecule has 0 aromatic rings. The van der Waals surface area contributed by atoms with Gasteiger partial charge in [-0.2, -0.15) is 0 Å². The van der Waals surface area contributed by atoms with E-state index in [9.17, 15) is 9.50 Å². The maximum atomic E-state index is 12.3. The molecule has 2 rings (SSSR count). The summed E-state index contributed by atoms with van der Waals surface area (Å²) in [6.45, 7) is -0.784. The SMILES string of the molecule is [B][C@@H]1O[C@@H]2C(O)[C@]2(CF)[C@H]1O. The molecule has 2 radical (unpaired) electrons. The summed E-state index contributed by atoms with van der Waals surface area (Å²) in [7, 11) is 5.27. The van der Waals surface area contributed by atoms with E-state index in [1.54, 1.807) is 0 Å². The lowest BCUT2D eigenvalue weighted by atomic mass is 9.86. The number of alkyl halides is 1. The van der Waals surface area contributed by atoms with Crippen LogP contribution in [0.25, 0.3) is 0 Å². The van der Waals surface area contributed by atoms with Gasteiger partial charge >= 0.3 is 0 Å². The fraction of sp³-hybridized carbons (Fsp3) is 1.00. The Balaban J connectivity index is 2.20. The minimum absolute atomic E-state index is 0.600. The van der Waals surface area contributed by atoms with Crippen molar-refractivity contribution in [3.8, 4) is 0 Å². The lowest BCUT2D eigenvalue weighted by Gasteiger charge is -2.18. The van der Waals surface area contributed by atoms with Gasteiger partial charge in [0, 0.05) is 6.00 Å². The van der Waals surface area contributed by atoms with Gasteiger partial charge in [-0.25, -0.2) is 0 Å². The standard InChI is InChI=1S/C6H8BFO3/c7-5-3(10)6(1-8)2(9)4(6)11-5/h2-5,9-10H,1H2/t2?,3-,4+,5+,6+/m0/s1. The molecule has 60 valence electrons. The summed E-state index contributed by atoms with van der Waals surface area (Å²) in [6.07, 6.45) is -2.56. The van der Waals surface area contributed by atoms with Crippen molar-refractivity contribution < 1.29 is 19.3 Å². The van der Waals surface area contributed by atoms with Gasteiger partial charge in [0.15, 0.2) is 0 Å². The van der Waals surface area contributed by atoms with Crippen molar-refractivity contribution in [2.45, 2.75) is 24.3 Å². The first-order chi connectivity index (χ1) is 5.14. The number of halogens is 1. The third kappa shape index (κ3) is 0.642. The van der Waals surface area contributed by atoms with Crippen LogP contribution in [-0.2, 0) is 4.74 Å². The average Bonchev–Trinajstić information content (AvgIpc) is 2.45. The summed E-state index contributed by atoms with van der Waals surface area (Å²) in [5.41, 5.74) is -1.11. The summed E-state index contributed by atoms with van der Waals surface area (Å²) in [5.74, 6) is 0. The predicted molar refractivity (Wildman–Crippen MR) is 34.8 cm³/mol. The van der Waals surface area contributed by atoms with E-state index in [4.69, 9.17) is 17.7 Å². The van der Waals surface area contributed by atoms with Crippen LogP contribution in [0.4, 0.5) is 4.39 Å². The second kappa shape index (κ2) is 1.97. The van der Waals surface area contributed by atoms with Crippen molar-refractivity contribution in [1.82, 2.24) is 0 Å². The number of aliphatic hydroxyl groups excluding tert-OH is 2. The molecule has 11 heavy (non-hydrogen) atoms. The van der Waals surface area contributed by atoms with Gasteiger partial charge in [-0.15, -0.1) is 0 Å². The van der Waals surface area contributed by atoms with Gasteiger partial charge in [0.05, 0.1) is 23.7 Å². The van der Waals surface area contributed by atoms with Crippen LogP contribution >= 0.6 is 0 Å². The van der Waals surface area contributed by atoms with Crippen LogP contribution in [0, 0.1) is 5.41 Å². The summed E-state index contributed by atoms with van der Waals surface area (Å²) < 4.78 is 17.2. The van der Waals surface area contributed by atoms with Gasteiger partial charge in [0.25, 0.3) is 0 Å². The maximum absolute atomic E-state index is 12.3. The molecule has 2 aliphatic rings. The van der Waals surface area contributed by atoms with Crippen LogP contribution in [0.2, 0.25) is 0 Å². The number of ether oxygens (including phenoxy) is 1. The fourth-order valence-corrected chi connectivity index (χ4v) is 1.73. The summed E-state index contributed by atoms with van der Waals surface area (Å²) >= 11 is 0. The van der Waals surface area contributed by atoms with Crippen LogP contribution in [0.15, 0.2) is 0 Å². The minimum Gasteiger partial charge on any atom is -0.390 e. The topological polar surface area (TPSA) is 49.7 Å². The van der Waals surface area contributed by atoms with Gasteiger partial charge < -0.3 is 14.9 Å². The summed E-state index contributed by atoms with van der Waals surface area (Å²) in [6, 6.07) is -0.848. The molecule has 2 fully saturated rings. The zero-order chi connectivity index (χ0) is 8.22. The third-order valence-corrected chi connectivity index (χ3v) is 2.66. The molecule has 0 aromatic carbocycles. The zero-order valence-corrected chi connectivity index (χ0v) is 5.77. The van der Waals surface area contributed by atoms with Crippen LogP contribution in [0.3, 0.4) is 0 Å². The Bertz CT molecular complexity index is 191. The van der Waals surface area contributed by atoms with E-state index in [0.29, 0.717) is 0 Å². The monoisotopic (exact) mass is 158 g/mol. The smallest absolute Gasteiger partial charge is 0.112 e. The number of hydrogen-bond donors (Lipinski definition) is 2. The van der Waals surface area contributed by atoms with Crippen molar-refractivity contribution in [3.05, 3.63) is 0 Å². The molecule has 5 heteroatoms. The van der Waals surface area contributed by atoms with Crippen LogP contribution in [0.5, 0.6) is 0 Å². The minimum atomic E-state index is -1.11. The number of hydrogen-bond acceptors (Lipinski definition) is 3. The Labute approximate surface area is 64.6 Å². The highest BCUT2D eigenvalue weighted by Gasteiger charge is 2.75. The van der Waals surface area contributed by atoms with E-state index in [1.807, 2.05) is 0 Å². The van der Waals surface area contributed by atoms with Gasteiger partial charge in [-0.3, -0.25) is 4.39 Å². The van der Waals surface area contributed by atoms with E-state index >= 15 is 0 Å². The predicted octanol–water partition coefficient (Wildman–Crippen LogP) is -1.43. The molecule has 2 N–H and O–H groups in total. The molecule has 1 aliphatic heterocycles. The second-order valence-electron chi connectivity index (χ2n) is 3.16.